The summed E-state index contributed by atoms with van der Waals surface area (Å²) in [7, 11) is 0. The lowest BCUT2D eigenvalue weighted by molar-refractivity contribution is -0.186. The van der Waals surface area contributed by atoms with Gasteiger partial charge in [0, 0.05) is 11.4 Å². The minimum absolute atomic E-state index is 0.0927. The number of hydrogen-bond acceptors (Lipinski definition) is 1. The van der Waals surface area contributed by atoms with Crippen LogP contribution in [0.5, 0.6) is 5.75 Å². The maximum atomic E-state index is 14.8. The predicted molar refractivity (Wildman–Crippen MR) is 109 cm³/mol. The quantitative estimate of drug-likeness (QED) is 0.315. The Morgan fingerprint density at radius 3 is 2.23 bits per heavy atom. The van der Waals surface area contributed by atoms with E-state index in [1.807, 2.05) is 18.2 Å². The molecule has 0 saturated heterocycles. The van der Waals surface area contributed by atoms with Crippen LogP contribution in [0.4, 0.5) is 17.6 Å². The lowest BCUT2D eigenvalue weighted by atomic mass is 9.97. The second-order valence-corrected chi connectivity index (χ2v) is 8.29. The van der Waals surface area contributed by atoms with Gasteiger partial charge in [-0.15, -0.1) is 11.6 Å². The van der Waals surface area contributed by atoms with Crippen LogP contribution in [0.2, 0.25) is 0 Å². The lowest BCUT2D eigenvalue weighted by Crippen LogP contribution is -2.23. The van der Waals surface area contributed by atoms with E-state index < -0.39 is 23.5 Å². The molecule has 1 atom stereocenters. The molecule has 4 rings (SSSR count). The number of halogens is 5. The third-order valence-corrected chi connectivity index (χ3v) is 5.70. The van der Waals surface area contributed by atoms with E-state index in [-0.39, 0.29) is 16.5 Å². The second kappa shape index (κ2) is 7.62. The summed E-state index contributed by atoms with van der Waals surface area (Å²) in [4.78, 5) is 0. The van der Waals surface area contributed by atoms with Gasteiger partial charge >= 0.3 is 6.11 Å². The van der Waals surface area contributed by atoms with Crippen LogP contribution in [0.1, 0.15) is 27.8 Å². The van der Waals surface area contributed by atoms with Crippen LogP contribution in [-0.2, 0) is 19.0 Å². The molecule has 0 heterocycles. The van der Waals surface area contributed by atoms with Gasteiger partial charge in [0.25, 0.3) is 0 Å². The van der Waals surface area contributed by atoms with E-state index >= 15 is 0 Å². The topological polar surface area (TPSA) is 9.23 Å². The summed E-state index contributed by atoms with van der Waals surface area (Å²) in [6, 6.07) is 12.3. The van der Waals surface area contributed by atoms with Crippen molar-refractivity contribution in [3.8, 4) is 16.9 Å². The maximum absolute atomic E-state index is 14.8. The highest BCUT2D eigenvalue weighted by molar-refractivity contribution is 6.21. The molecule has 0 bridgehead atoms. The van der Waals surface area contributed by atoms with Gasteiger partial charge in [0.1, 0.15) is 5.75 Å². The number of hydrogen-bond donors (Lipinski definition) is 0. The lowest BCUT2D eigenvalue weighted by Gasteiger charge is -2.21. The van der Waals surface area contributed by atoms with Gasteiger partial charge in [-0.2, -0.15) is 8.78 Å². The van der Waals surface area contributed by atoms with Crippen LogP contribution < -0.4 is 4.74 Å². The van der Waals surface area contributed by atoms with Crippen molar-refractivity contribution in [3.63, 3.8) is 0 Å². The van der Waals surface area contributed by atoms with Crippen LogP contribution in [-0.4, -0.2) is 5.38 Å². The average molecular weight is 435 g/mol. The summed E-state index contributed by atoms with van der Waals surface area (Å²) >= 11 is 6.23. The van der Waals surface area contributed by atoms with Crippen molar-refractivity contribution in [2.75, 3.05) is 0 Å². The van der Waals surface area contributed by atoms with Gasteiger partial charge in [-0.05, 0) is 72.2 Å². The third-order valence-electron chi connectivity index (χ3n) is 5.39. The van der Waals surface area contributed by atoms with E-state index in [1.54, 1.807) is 19.1 Å². The highest BCUT2D eigenvalue weighted by Crippen LogP contribution is 2.37. The first kappa shape index (κ1) is 20.7. The molecular weight excluding hydrogens is 416 g/mol. The molecule has 0 N–H and O–H groups in total. The molecule has 156 valence electrons. The minimum Gasteiger partial charge on any atom is -0.429 e. The van der Waals surface area contributed by atoms with Crippen LogP contribution in [0.15, 0.2) is 48.5 Å². The molecule has 1 aliphatic carbocycles. The van der Waals surface area contributed by atoms with E-state index in [0.29, 0.717) is 11.6 Å². The Kier molecular flexibility index (Phi) is 5.27. The summed E-state index contributed by atoms with van der Waals surface area (Å²) in [5.74, 6) is -2.75. The molecule has 0 radical (unpaired) electrons. The monoisotopic (exact) mass is 434 g/mol. The molecule has 3 aromatic carbocycles. The van der Waals surface area contributed by atoms with E-state index in [4.69, 9.17) is 16.3 Å². The molecule has 30 heavy (non-hydrogen) atoms. The van der Waals surface area contributed by atoms with E-state index in [1.165, 1.54) is 24.1 Å². The zero-order valence-corrected chi connectivity index (χ0v) is 17.2. The smallest absolute Gasteiger partial charge is 0.426 e. The summed E-state index contributed by atoms with van der Waals surface area (Å²) in [6.45, 7) is 2.85. The van der Waals surface area contributed by atoms with Crippen molar-refractivity contribution in [1.82, 2.24) is 0 Å². The maximum Gasteiger partial charge on any atom is 0.426 e. The Bertz CT molecular complexity index is 1100. The fourth-order valence-corrected chi connectivity index (χ4v) is 4.20. The van der Waals surface area contributed by atoms with Gasteiger partial charge in [0.15, 0.2) is 11.6 Å². The largest absolute Gasteiger partial charge is 0.429 e. The van der Waals surface area contributed by atoms with Crippen molar-refractivity contribution in [2.24, 2.45) is 0 Å². The Morgan fingerprint density at radius 2 is 1.53 bits per heavy atom. The number of fused-ring (bicyclic) bond motifs is 1. The van der Waals surface area contributed by atoms with Crippen molar-refractivity contribution in [3.05, 3.63) is 88.0 Å². The van der Waals surface area contributed by atoms with Crippen molar-refractivity contribution in [2.45, 2.75) is 38.2 Å². The van der Waals surface area contributed by atoms with Gasteiger partial charge in [0.2, 0.25) is 0 Å². The summed E-state index contributed by atoms with van der Waals surface area (Å²) in [5.41, 5.74) is 4.00. The van der Waals surface area contributed by atoms with E-state index in [9.17, 15) is 17.6 Å². The first-order valence-corrected chi connectivity index (χ1v) is 9.97. The van der Waals surface area contributed by atoms with Gasteiger partial charge in [-0.3, -0.25) is 0 Å². The molecule has 0 aliphatic heterocycles. The first-order valence-electron chi connectivity index (χ1n) is 9.54. The SMILES string of the molecule is Cc1cc(-c2ccc3c(c2)CC(Cl)C3)ccc1C(F)(F)Oc1cc(C)c(F)c(F)c1. The molecule has 6 heteroatoms. The van der Waals surface area contributed by atoms with Crippen molar-refractivity contribution >= 4 is 11.6 Å². The molecule has 1 nitrogen and oxygen atoms in total. The number of aryl methyl sites for hydroxylation is 2. The highest BCUT2D eigenvalue weighted by atomic mass is 35.5. The molecule has 0 spiro atoms. The van der Waals surface area contributed by atoms with Crippen LogP contribution in [0, 0.1) is 25.5 Å². The van der Waals surface area contributed by atoms with Gasteiger partial charge < -0.3 is 4.74 Å². The fraction of sp³-hybridized carbons (Fsp3) is 0.250. The average Bonchev–Trinajstić information content (AvgIpc) is 3.04. The van der Waals surface area contributed by atoms with Crippen molar-refractivity contribution in [1.29, 1.82) is 0 Å². The van der Waals surface area contributed by atoms with Crippen LogP contribution >= 0.6 is 11.6 Å². The standard InChI is InChI=1S/C24H19ClF4O/c1-13-7-15(16-3-4-17-10-19(25)11-18(17)9-16)5-6-21(13)24(28,29)30-20-8-14(2)23(27)22(26)12-20/h3-9,12,19H,10-11H2,1-2H3. The molecule has 0 saturated carbocycles. The Morgan fingerprint density at radius 1 is 0.867 bits per heavy atom. The number of ether oxygens (including phenoxy) is 1. The van der Waals surface area contributed by atoms with E-state index in [2.05, 4.69) is 0 Å². The number of rotatable bonds is 4. The molecular formula is C24H19ClF4O. The normalized spacial score (nSPS) is 15.9. The first-order chi connectivity index (χ1) is 14.1. The minimum atomic E-state index is -3.71. The van der Waals surface area contributed by atoms with Crippen molar-refractivity contribution < 1.29 is 22.3 Å². The molecule has 0 amide bonds. The Balaban J connectivity index is 1.62. The third kappa shape index (κ3) is 3.91. The highest BCUT2D eigenvalue weighted by Gasteiger charge is 2.36. The second-order valence-electron chi connectivity index (χ2n) is 7.67. The van der Waals surface area contributed by atoms with Gasteiger partial charge in [-0.25, -0.2) is 8.78 Å². The summed E-state index contributed by atoms with van der Waals surface area (Å²) < 4.78 is 61.3. The summed E-state index contributed by atoms with van der Waals surface area (Å²) in [5, 5.41) is 0.0927. The van der Waals surface area contributed by atoms with Gasteiger partial charge in [0.05, 0.1) is 5.56 Å². The zero-order valence-electron chi connectivity index (χ0n) is 16.4. The molecule has 0 fully saturated rings. The molecule has 1 aliphatic rings. The Labute approximate surface area is 177 Å². The van der Waals surface area contributed by atoms with Gasteiger partial charge in [-0.1, -0.05) is 30.3 Å². The zero-order chi connectivity index (χ0) is 21.6. The molecule has 3 aromatic rings. The predicted octanol–water partition coefficient (Wildman–Crippen LogP) is 7.08. The molecule has 1 unspecified atom stereocenters. The molecule has 0 aromatic heterocycles. The fourth-order valence-electron chi connectivity index (χ4n) is 3.87. The summed E-state index contributed by atoms with van der Waals surface area (Å²) in [6.07, 6.45) is -2.08. The van der Waals surface area contributed by atoms with E-state index in [0.717, 1.165) is 30.0 Å². The number of alkyl halides is 3. The van der Waals surface area contributed by atoms with Crippen LogP contribution in [0.25, 0.3) is 11.1 Å². The number of benzene rings is 3. The Hall–Kier alpha value is -2.53. The van der Waals surface area contributed by atoms with Crippen LogP contribution in [0.3, 0.4) is 0 Å².